The van der Waals surface area contributed by atoms with Gasteiger partial charge in [-0.15, -0.1) is 0 Å². The number of hydrogen-bond acceptors (Lipinski definition) is 3. The number of methoxy groups -OCH3 is 1. The molecule has 0 aliphatic rings. The molecule has 2 rings (SSSR count). The molecule has 0 saturated carbocycles. The second-order valence-electron chi connectivity index (χ2n) is 4.44. The molecule has 2 aromatic rings. The van der Waals surface area contributed by atoms with Gasteiger partial charge in [-0.05, 0) is 29.8 Å². The molecule has 0 spiro atoms. The summed E-state index contributed by atoms with van der Waals surface area (Å²) in [7, 11) is 1.53. The highest BCUT2D eigenvalue weighted by atomic mass is 79.9. The van der Waals surface area contributed by atoms with Crippen molar-refractivity contribution in [1.29, 1.82) is 0 Å². The maximum absolute atomic E-state index is 13.9. The molecule has 3 nitrogen and oxygen atoms in total. The Balaban J connectivity index is 2.30. The van der Waals surface area contributed by atoms with Crippen LogP contribution in [0.3, 0.4) is 0 Å². The summed E-state index contributed by atoms with van der Waals surface area (Å²) in [5, 5.41) is 3.63. The number of benzene rings is 2. The van der Waals surface area contributed by atoms with Gasteiger partial charge in [0.05, 0.1) is 18.8 Å². The summed E-state index contributed by atoms with van der Waals surface area (Å²) in [5.74, 6) is 0.194. The van der Waals surface area contributed by atoms with Gasteiger partial charge in [0.15, 0.2) is 0 Å². The Labute approximate surface area is 136 Å². The molecule has 1 atom stereocenters. The monoisotopic (exact) mass is 372 g/mol. The number of halogens is 3. The molecule has 0 saturated heterocycles. The van der Waals surface area contributed by atoms with Gasteiger partial charge in [-0.25, -0.2) is 4.39 Å². The maximum Gasteiger partial charge on any atom is 0.146 e. The minimum atomic E-state index is -0.373. The molecule has 6 heteroatoms. The minimum Gasteiger partial charge on any atom is -0.497 e. The Morgan fingerprint density at radius 3 is 2.71 bits per heavy atom. The molecule has 21 heavy (non-hydrogen) atoms. The second kappa shape index (κ2) is 7.11. The molecule has 0 heterocycles. The van der Waals surface area contributed by atoms with E-state index in [1.54, 1.807) is 18.2 Å². The summed E-state index contributed by atoms with van der Waals surface area (Å²) >= 11 is 9.58. The fourth-order valence-electron chi connectivity index (χ4n) is 1.98. The van der Waals surface area contributed by atoms with E-state index in [2.05, 4.69) is 21.2 Å². The van der Waals surface area contributed by atoms with Crippen molar-refractivity contribution in [1.82, 2.24) is 0 Å². The Morgan fingerprint density at radius 1 is 1.33 bits per heavy atom. The topological polar surface area (TPSA) is 47.3 Å². The van der Waals surface area contributed by atoms with Crippen molar-refractivity contribution in [2.24, 2.45) is 5.73 Å². The molecule has 0 bridgehead atoms. The fourth-order valence-corrected chi connectivity index (χ4v) is 2.78. The van der Waals surface area contributed by atoms with Gasteiger partial charge in [-0.3, -0.25) is 0 Å². The first-order chi connectivity index (χ1) is 10.0. The normalized spacial score (nSPS) is 12.0. The first kappa shape index (κ1) is 16.1. The van der Waals surface area contributed by atoms with Gasteiger partial charge in [0, 0.05) is 22.1 Å². The molecular weight excluding hydrogens is 359 g/mol. The Bertz CT molecular complexity index is 639. The van der Waals surface area contributed by atoms with Crippen molar-refractivity contribution in [3.63, 3.8) is 0 Å². The minimum absolute atomic E-state index is 0.276. The molecule has 0 radical (unpaired) electrons. The van der Waals surface area contributed by atoms with E-state index in [0.717, 1.165) is 10.0 Å². The van der Waals surface area contributed by atoms with Crippen LogP contribution in [-0.4, -0.2) is 13.7 Å². The van der Waals surface area contributed by atoms with E-state index in [0.29, 0.717) is 16.5 Å². The highest BCUT2D eigenvalue weighted by Crippen LogP contribution is 2.30. The van der Waals surface area contributed by atoms with E-state index in [9.17, 15) is 4.39 Å². The SMILES string of the molecule is COc1ccc(F)c(NC(CN)c2ccc(Br)cc2Cl)c1. The van der Waals surface area contributed by atoms with Gasteiger partial charge in [0.1, 0.15) is 11.6 Å². The summed E-state index contributed by atoms with van der Waals surface area (Å²) in [4.78, 5) is 0. The van der Waals surface area contributed by atoms with E-state index in [4.69, 9.17) is 22.1 Å². The number of hydrogen-bond donors (Lipinski definition) is 2. The van der Waals surface area contributed by atoms with Crippen LogP contribution in [0.15, 0.2) is 40.9 Å². The van der Waals surface area contributed by atoms with E-state index < -0.39 is 0 Å². The molecule has 0 fully saturated rings. The zero-order valence-electron chi connectivity index (χ0n) is 11.4. The lowest BCUT2D eigenvalue weighted by Gasteiger charge is -2.20. The third-order valence-electron chi connectivity index (χ3n) is 3.08. The van der Waals surface area contributed by atoms with Crippen LogP contribution in [0.2, 0.25) is 5.02 Å². The molecule has 0 aliphatic carbocycles. The van der Waals surface area contributed by atoms with Gasteiger partial charge < -0.3 is 15.8 Å². The molecule has 3 N–H and O–H groups in total. The predicted molar refractivity (Wildman–Crippen MR) is 87.5 cm³/mol. The Morgan fingerprint density at radius 2 is 2.10 bits per heavy atom. The summed E-state index contributed by atoms with van der Waals surface area (Å²) in [6.07, 6.45) is 0. The number of ether oxygens (including phenoxy) is 1. The quantitative estimate of drug-likeness (QED) is 0.818. The largest absolute Gasteiger partial charge is 0.497 e. The van der Waals surface area contributed by atoms with Crippen LogP contribution in [-0.2, 0) is 0 Å². The number of nitrogens with one attached hydrogen (secondary N) is 1. The van der Waals surface area contributed by atoms with E-state index in [-0.39, 0.29) is 18.4 Å². The van der Waals surface area contributed by atoms with Crippen molar-refractivity contribution in [2.45, 2.75) is 6.04 Å². The smallest absolute Gasteiger partial charge is 0.146 e. The zero-order chi connectivity index (χ0) is 15.4. The molecule has 1 unspecified atom stereocenters. The van der Waals surface area contributed by atoms with Crippen LogP contribution in [0, 0.1) is 5.82 Å². The van der Waals surface area contributed by atoms with Crippen LogP contribution in [0.4, 0.5) is 10.1 Å². The molecule has 0 amide bonds. The number of rotatable bonds is 5. The van der Waals surface area contributed by atoms with E-state index in [1.807, 2.05) is 12.1 Å². The van der Waals surface area contributed by atoms with Crippen molar-refractivity contribution >= 4 is 33.2 Å². The van der Waals surface area contributed by atoms with E-state index >= 15 is 0 Å². The average molecular weight is 374 g/mol. The van der Waals surface area contributed by atoms with Crippen LogP contribution in [0.1, 0.15) is 11.6 Å². The molecular formula is C15H15BrClFN2O. The second-order valence-corrected chi connectivity index (χ2v) is 5.77. The Kier molecular flexibility index (Phi) is 5.45. The molecule has 0 aromatic heterocycles. The predicted octanol–water partition coefficient (Wildman–Crippen LogP) is 4.36. The van der Waals surface area contributed by atoms with Crippen molar-refractivity contribution in [2.75, 3.05) is 19.0 Å². The van der Waals surface area contributed by atoms with Crippen LogP contribution in [0.25, 0.3) is 0 Å². The van der Waals surface area contributed by atoms with Gasteiger partial charge in [-0.1, -0.05) is 33.6 Å². The van der Waals surface area contributed by atoms with Gasteiger partial charge in [-0.2, -0.15) is 0 Å². The van der Waals surface area contributed by atoms with Crippen molar-refractivity contribution < 1.29 is 9.13 Å². The lowest BCUT2D eigenvalue weighted by atomic mass is 10.1. The zero-order valence-corrected chi connectivity index (χ0v) is 13.7. The average Bonchev–Trinajstić information content (AvgIpc) is 2.47. The number of nitrogens with two attached hydrogens (primary N) is 1. The lowest BCUT2D eigenvalue weighted by molar-refractivity contribution is 0.414. The van der Waals surface area contributed by atoms with Crippen molar-refractivity contribution in [3.05, 3.63) is 57.3 Å². The lowest BCUT2D eigenvalue weighted by Crippen LogP contribution is -2.21. The van der Waals surface area contributed by atoms with Crippen LogP contribution >= 0.6 is 27.5 Å². The summed E-state index contributed by atoms with van der Waals surface area (Å²) in [5.41, 5.74) is 6.93. The third kappa shape index (κ3) is 3.87. The maximum atomic E-state index is 13.9. The summed E-state index contributed by atoms with van der Waals surface area (Å²) in [6, 6.07) is 9.70. The first-order valence-corrected chi connectivity index (χ1v) is 7.47. The van der Waals surface area contributed by atoms with Gasteiger partial charge in [0.25, 0.3) is 0 Å². The van der Waals surface area contributed by atoms with Crippen LogP contribution < -0.4 is 15.8 Å². The first-order valence-electron chi connectivity index (χ1n) is 6.30. The highest BCUT2D eigenvalue weighted by Gasteiger charge is 2.15. The standard InChI is InChI=1S/C15H15BrClFN2O/c1-21-10-3-5-13(18)14(7-10)20-15(8-19)11-4-2-9(16)6-12(11)17/h2-7,15,20H,8,19H2,1H3. The summed E-state index contributed by atoms with van der Waals surface area (Å²) in [6.45, 7) is 0.276. The molecule has 2 aromatic carbocycles. The molecule has 112 valence electrons. The van der Waals surface area contributed by atoms with Gasteiger partial charge >= 0.3 is 0 Å². The summed E-state index contributed by atoms with van der Waals surface area (Å²) < 4.78 is 19.9. The van der Waals surface area contributed by atoms with Crippen molar-refractivity contribution in [3.8, 4) is 5.75 Å². The van der Waals surface area contributed by atoms with Crippen LogP contribution in [0.5, 0.6) is 5.75 Å². The Hall–Kier alpha value is -1.30. The van der Waals surface area contributed by atoms with E-state index in [1.165, 1.54) is 13.2 Å². The third-order valence-corrected chi connectivity index (χ3v) is 3.90. The highest BCUT2D eigenvalue weighted by molar-refractivity contribution is 9.10. The molecule has 0 aliphatic heterocycles. The number of anilines is 1. The van der Waals surface area contributed by atoms with Gasteiger partial charge in [0.2, 0.25) is 0 Å². The fraction of sp³-hybridized carbons (Fsp3) is 0.200.